The molecule has 1 aliphatic rings. The van der Waals surface area contributed by atoms with Gasteiger partial charge in [0, 0.05) is 24.5 Å². The van der Waals surface area contributed by atoms with Crippen molar-refractivity contribution < 1.29 is 4.39 Å². The zero-order valence-electron chi connectivity index (χ0n) is 8.74. The highest BCUT2D eigenvalue weighted by Gasteiger charge is 2.21. The van der Waals surface area contributed by atoms with Crippen molar-refractivity contribution in [1.82, 2.24) is 0 Å². The molecular formula is C11H15FN2S. The number of benzene rings is 1. The van der Waals surface area contributed by atoms with Gasteiger partial charge in [0.05, 0.1) is 5.69 Å². The lowest BCUT2D eigenvalue weighted by Crippen LogP contribution is -2.31. The molecule has 0 spiro atoms. The summed E-state index contributed by atoms with van der Waals surface area (Å²) >= 11 is 1.93. The molecule has 1 heterocycles. The van der Waals surface area contributed by atoms with Crippen molar-refractivity contribution >= 4 is 23.1 Å². The highest BCUT2D eigenvalue weighted by atomic mass is 32.2. The fraction of sp³-hybridized carbons (Fsp3) is 0.455. The maximum absolute atomic E-state index is 13.6. The van der Waals surface area contributed by atoms with Gasteiger partial charge in [0.15, 0.2) is 0 Å². The lowest BCUT2D eigenvalue weighted by Gasteiger charge is -2.26. The third kappa shape index (κ3) is 2.20. The smallest absolute Gasteiger partial charge is 0.148 e. The third-order valence-corrected chi connectivity index (χ3v) is 3.95. The van der Waals surface area contributed by atoms with Crippen LogP contribution >= 0.6 is 11.8 Å². The zero-order chi connectivity index (χ0) is 10.8. The van der Waals surface area contributed by atoms with Crippen LogP contribution in [-0.4, -0.2) is 24.6 Å². The maximum atomic E-state index is 13.6. The fourth-order valence-corrected chi connectivity index (χ4v) is 3.10. The second kappa shape index (κ2) is 4.31. The Morgan fingerprint density at radius 3 is 2.93 bits per heavy atom. The Kier molecular flexibility index (Phi) is 3.05. The van der Waals surface area contributed by atoms with Crippen molar-refractivity contribution in [3.63, 3.8) is 0 Å². The summed E-state index contributed by atoms with van der Waals surface area (Å²) in [5.74, 6) is 2.03. The first-order chi connectivity index (χ1) is 7.18. The lowest BCUT2D eigenvalue weighted by molar-refractivity contribution is 0.608. The van der Waals surface area contributed by atoms with Gasteiger partial charge in [0.2, 0.25) is 0 Å². The van der Waals surface area contributed by atoms with E-state index in [9.17, 15) is 4.39 Å². The molecule has 1 aromatic rings. The summed E-state index contributed by atoms with van der Waals surface area (Å²) in [5, 5.41) is 0. The topological polar surface area (TPSA) is 29.3 Å². The molecule has 0 aliphatic carbocycles. The second-order valence-corrected chi connectivity index (χ2v) is 4.99. The number of nitrogens with two attached hydrogens (primary N) is 1. The first-order valence-electron chi connectivity index (χ1n) is 5.04. The monoisotopic (exact) mass is 226 g/mol. The summed E-state index contributed by atoms with van der Waals surface area (Å²) in [7, 11) is 1.95. The molecule has 1 aliphatic heterocycles. The molecule has 0 aromatic heterocycles. The number of anilines is 2. The largest absolute Gasteiger partial charge is 0.399 e. The summed E-state index contributed by atoms with van der Waals surface area (Å²) in [6.07, 6.45) is 1.13. The molecule has 2 nitrogen and oxygen atoms in total. The molecule has 0 bridgehead atoms. The summed E-state index contributed by atoms with van der Waals surface area (Å²) in [5.41, 5.74) is 6.65. The summed E-state index contributed by atoms with van der Waals surface area (Å²) < 4.78 is 13.6. The van der Waals surface area contributed by atoms with Crippen LogP contribution in [0.15, 0.2) is 18.2 Å². The predicted molar refractivity (Wildman–Crippen MR) is 64.9 cm³/mol. The van der Waals surface area contributed by atoms with E-state index in [1.807, 2.05) is 23.7 Å². The first-order valence-corrected chi connectivity index (χ1v) is 6.19. The van der Waals surface area contributed by atoms with Crippen molar-refractivity contribution in [3.05, 3.63) is 24.0 Å². The number of nitrogen functional groups attached to an aromatic ring is 1. The number of thioether (sulfide) groups is 1. The van der Waals surface area contributed by atoms with Crippen LogP contribution in [0.25, 0.3) is 0 Å². The van der Waals surface area contributed by atoms with E-state index in [2.05, 4.69) is 0 Å². The molecule has 0 radical (unpaired) electrons. The summed E-state index contributed by atoms with van der Waals surface area (Å²) in [6, 6.07) is 5.34. The molecular weight excluding hydrogens is 211 g/mol. The maximum Gasteiger partial charge on any atom is 0.148 e. The molecule has 2 N–H and O–H groups in total. The molecule has 1 aromatic carbocycles. The highest BCUT2D eigenvalue weighted by Crippen LogP contribution is 2.28. The van der Waals surface area contributed by atoms with Gasteiger partial charge in [0.25, 0.3) is 0 Å². The van der Waals surface area contributed by atoms with Crippen molar-refractivity contribution in [2.24, 2.45) is 0 Å². The normalized spacial score (nSPS) is 20.5. The molecule has 1 saturated heterocycles. The average molecular weight is 226 g/mol. The Morgan fingerprint density at radius 2 is 2.33 bits per heavy atom. The van der Waals surface area contributed by atoms with Gasteiger partial charge >= 0.3 is 0 Å². The third-order valence-electron chi connectivity index (χ3n) is 2.81. The van der Waals surface area contributed by atoms with Crippen LogP contribution in [0, 0.1) is 5.82 Å². The van der Waals surface area contributed by atoms with Gasteiger partial charge in [-0.15, -0.1) is 0 Å². The van der Waals surface area contributed by atoms with Crippen LogP contribution in [0.1, 0.15) is 6.42 Å². The molecule has 1 fully saturated rings. The first kappa shape index (κ1) is 10.6. The summed E-state index contributed by atoms with van der Waals surface area (Å²) in [4.78, 5) is 2.02. The molecule has 4 heteroatoms. The van der Waals surface area contributed by atoms with Gasteiger partial charge < -0.3 is 10.6 Å². The van der Waals surface area contributed by atoms with Gasteiger partial charge in [0.1, 0.15) is 5.82 Å². The Balaban J connectivity index is 2.20. The minimum Gasteiger partial charge on any atom is -0.399 e. The Hall–Kier alpha value is -0.900. The van der Waals surface area contributed by atoms with Crippen LogP contribution < -0.4 is 10.6 Å². The van der Waals surface area contributed by atoms with E-state index < -0.39 is 0 Å². The van der Waals surface area contributed by atoms with Gasteiger partial charge in [-0.3, -0.25) is 0 Å². The van der Waals surface area contributed by atoms with E-state index in [4.69, 9.17) is 5.73 Å². The number of nitrogens with zero attached hydrogens (tertiary/aromatic N) is 1. The highest BCUT2D eigenvalue weighted by molar-refractivity contribution is 7.99. The van der Waals surface area contributed by atoms with Crippen molar-refractivity contribution in [3.8, 4) is 0 Å². The molecule has 82 valence electrons. The fourth-order valence-electron chi connectivity index (χ4n) is 1.83. The minimum atomic E-state index is -0.227. The molecule has 0 amide bonds. The molecule has 1 atom stereocenters. The van der Waals surface area contributed by atoms with Gasteiger partial charge in [-0.2, -0.15) is 11.8 Å². The van der Waals surface area contributed by atoms with Gasteiger partial charge in [-0.1, -0.05) is 0 Å². The van der Waals surface area contributed by atoms with E-state index in [0.717, 1.165) is 12.2 Å². The average Bonchev–Trinajstić information content (AvgIpc) is 2.69. The van der Waals surface area contributed by atoms with Crippen molar-refractivity contribution in [1.29, 1.82) is 0 Å². The molecule has 15 heavy (non-hydrogen) atoms. The standard InChI is InChI=1S/C11H15FN2S/c1-14(9-4-5-15-7-9)11-3-2-8(13)6-10(11)12/h2-3,6,9H,4-5,7,13H2,1H3. The van der Waals surface area contributed by atoms with Crippen LogP contribution in [0.2, 0.25) is 0 Å². The molecule has 1 unspecified atom stereocenters. The number of halogens is 1. The van der Waals surface area contributed by atoms with Crippen LogP contribution in [0.5, 0.6) is 0 Å². The minimum absolute atomic E-state index is 0.227. The van der Waals surface area contributed by atoms with Crippen LogP contribution in [-0.2, 0) is 0 Å². The number of hydrogen-bond donors (Lipinski definition) is 1. The van der Waals surface area contributed by atoms with Gasteiger partial charge in [-0.25, -0.2) is 4.39 Å². The van der Waals surface area contributed by atoms with Crippen molar-refractivity contribution in [2.45, 2.75) is 12.5 Å². The van der Waals surface area contributed by atoms with E-state index >= 15 is 0 Å². The van der Waals surface area contributed by atoms with Gasteiger partial charge in [-0.05, 0) is 30.4 Å². The SMILES string of the molecule is CN(c1ccc(N)cc1F)C1CCSC1. The quantitative estimate of drug-likeness (QED) is 0.785. The van der Waals surface area contributed by atoms with Crippen LogP contribution in [0.4, 0.5) is 15.8 Å². The number of rotatable bonds is 2. The Labute approximate surface area is 93.6 Å². The van der Waals surface area contributed by atoms with E-state index in [1.54, 1.807) is 12.1 Å². The van der Waals surface area contributed by atoms with E-state index in [-0.39, 0.29) is 5.82 Å². The zero-order valence-corrected chi connectivity index (χ0v) is 9.56. The Bertz CT molecular complexity index is 350. The second-order valence-electron chi connectivity index (χ2n) is 3.84. The lowest BCUT2D eigenvalue weighted by atomic mass is 10.2. The van der Waals surface area contributed by atoms with Crippen LogP contribution in [0.3, 0.4) is 0 Å². The number of hydrogen-bond acceptors (Lipinski definition) is 3. The Morgan fingerprint density at radius 1 is 1.53 bits per heavy atom. The summed E-state index contributed by atoms with van der Waals surface area (Å²) in [6.45, 7) is 0. The predicted octanol–water partition coefficient (Wildman–Crippen LogP) is 2.35. The molecule has 2 rings (SSSR count). The van der Waals surface area contributed by atoms with Crippen molar-refractivity contribution in [2.75, 3.05) is 29.2 Å². The van der Waals surface area contributed by atoms with E-state index in [1.165, 1.54) is 11.8 Å². The molecule has 0 saturated carbocycles. The van der Waals surface area contributed by atoms with E-state index in [0.29, 0.717) is 17.4 Å².